The van der Waals surface area contributed by atoms with E-state index in [9.17, 15) is 9.90 Å². The van der Waals surface area contributed by atoms with Crippen molar-refractivity contribution in [2.45, 2.75) is 15.7 Å². The van der Waals surface area contributed by atoms with Gasteiger partial charge in [-0.05, 0) is 35.4 Å². The molecule has 3 aromatic carbocycles. The van der Waals surface area contributed by atoms with Gasteiger partial charge in [-0.3, -0.25) is 4.79 Å². The van der Waals surface area contributed by atoms with Gasteiger partial charge in [0.15, 0.2) is 0 Å². The fourth-order valence-corrected chi connectivity index (χ4v) is 3.41. The molecule has 0 aliphatic heterocycles. The van der Waals surface area contributed by atoms with Gasteiger partial charge < -0.3 is 5.11 Å². The molecule has 0 bridgehead atoms. The van der Waals surface area contributed by atoms with Crippen LogP contribution in [0.3, 0.4) is 0 Å². The third-order valence-corrected chi connectivity index (χ3v) is 4.55. The lowest BCUT2D eigenvalue weighted by Gasteiger charge is -2.14. The topological polar surface area (TPSA) is 37.3 Å². The Morgan fingerprint density at radius 3 is 1.96 bits per heavy atom. The Hall–Kier alpha value is -2.52. The van der Waals surface area contributed by atoms with Gasteiger partial charge in [-0.1, -0.05) is 72.4 Å². The van der Waals surface area contributed by atoms with Gasteiger partial charge in [0.2, 0.25) is 0 Å². The monoisotopic (exact) mass is 320 g/mol. The van der Waals surface area contributed by atoms with Crippen molar-refractivity contribution < 1.29 is 9.90 Å². The van der Waals surface area contributed by atoms with Crippen LogP contribution in [0.2, 0.25) is 0 Å². The first-order valence-electron chi connectivity index (χ1n) is 7.34. The number of carboxylic acids is 1. The van der Waals surface area contributed by atoms with Crippen LogP contribution >= 0.6 is 11.8 Å². The first kappa shape index (κ1) is 15.4. The zero-order chi connectivity index (χ0) is 16.1. The summed E-state index contributed by atoms with van der Waals surface area (Å²) in [5, 5.41) is 9.65. The summed E-state index contributed by atoms with van der Waals surface area (Å²) in [6.07, 6.45) is 0. The highest BCUT2D eigenvalue weighted by Crippen LogP contribution is 2.32. The zero-order valence-corrected chi connectivity index (χ0v) is 13.2. The fraction of sp³-hybridized carbons (Fsp3) is 0.0500. The molecule has 1 unspecified atom stereocenters. The summed E-state index contributed by atoms with van der Waals surface area (Å²) in [4.78, 5) is 13.9. The van der Waals surface area contributed by atoms with E-state index in [1.165, 1.54) is 0 Å². The van der Waals surface area contributed by atoms with Crippen LogP contribution in [0.1, 0.15) is 17.0 Å². The smallest absolute Gasteiger partial charge is 0.315 e. The largest absolute Gasteiger partial charge is 0.481 e. The van der Waals surface area contributed by atoms with Crippen molar-refractivity contribution in [3.05, 3.63) is 96.1 Å². The molecule has 0 heterocycles. The number of hydrogen-bond acceptors (Lipinski definition) is 2. The molecule has 3 aromatic rings. The second-order valence-corrected chi connectivity index (χ2v) is 6.32. The molecule has 0 fully saturated rings. The molecule has 1 N–H and O–H groups in total. The van der Waals surface area contributed by atoms with Crippen molar-refractivity contribution in [3.63, 3.8) is 0 Å². The Morgan fingerprint density at radius 1 is 0.739 bits per heavy atom. The van der Waals surface area contributed by atoms with Gasteiger partial charge in [-0.15, -0.1) is 0 Å². The molecule has 23 heavy (non-hydrogen) atoms. The summed E-state index contributed by atoms with van der Waals surface area (Å²) in [7, 11) is 0. The highest BCUT2D eigenvalue weighted by atomic mass is 32.2. The molecule has 1 atom stereocenters. The SMILES string of the molecule is O=C(O)C(c1ccccc1)c1cccc(Sc2ccccc2)c1. The normalized spacial score (nSPS) is 11.8. The molecule has 0 spiro atoms. The van der Waals surface area contributed by atoms with Gasteiger partial charge in [0.25, 0.3) is 0 Å². The first-order chi connectivity index (χ1) is 11.2. The van der Waals surface area contributed by atoms with Gasteiger partial charge in [-0.2, -0.15) is 0 Å². The Kier molecular flexibility index (Phi) is 4.79. The third kappa shape index (κ3) is 3.82. The minimum Gasteiger partial charge on any atom is -0.481 e. The van der Waals surface area contributed by atoms with Crippen LogP contribution in [-0.4, -0.2) is 11.1 Å². The molecule has 3 rings (SSSR count). The van der Waals surface area contributed by atoms with Crippen molar-refractivity contribution in [1.29, 1.82) is 0 Å². The van der Waals surface area contributed by atoms with Crippen LogP contribution in [0.15, 0.2) is 94.7 Å². The summed E-state index contributed by atoms with van der Waals surface area (Å²) < 4.78 is 0. The molecule has 0 aromatic heterocycles. The van der Waals surface area contributed by atoms with Crippen molar-refractivity contribution in [2.24, 2.45) is 0 Å². The van der Waals surface area contributed by atoms with E-state index in [2.05, 4.69) is 0 Å². The summed E-state index contributed by atoms with van der Waals surface area (Å²) in [5.74, 6) is -1.48. The Morgan fingerprint density at radius 2 is 1.30 bits per heavy atom. The fourth-order valence-electron chi connectivity index (χ4n) is 2.51. The standard InChI is InChI=1S/C20H16O2S/c21-20(22)19(15-8-3-1-4-9-15)16-10-7-13-18(14-16)23-17-11-5-2-6-12-17/h1-14,19H,(H,21,22). The Balaban J connectivity index is 1.92. The van der Waals surface area contributed by atoms with Crippen LogP contribution in [-0.2, 0) is 4.79 Å². The van der Waals surface area contributed by atoms with Gasteiger partial charge in [-0.25, -0.2) is 0 Å². The molecule has 0 saturated heterocycles. The molecule has 0 saturated carbocycles. The van der Waals surface area contributed by atoms with E-state index in [1.54, 1.807) is 11.8 Å². The van der Waals surface area contributed by atoms with E-state index in [-0.39, 0.29) is 0 Å². The third-order valence-electron chi connectivity index (χ3n) is 3.55. The number of aliphatic carboxylic acids is 1. The predicted octanol–water partition coefficient (Wildman–Crippen LogP) is 5.05. The maximum Gasteiger partial charge on any atom is 0.315 e. The average molecular weight is 320 g/mol. The van der Waals surface area contributed by atoms with Gasteiger partial charge in [0.1, 0.15) is 5.92 Å². The van der Waals surface area contributed by atoms with Crippen molar-refractivity contribution in [3.8, 4) is 0 Å². The van der Waals surface area contributed by atoms with Gasteiger partial charge in [0.05, 0.1) is 0 Å². The van der Waals surface area contributed by atoms with Crippen molar-refractivity contribution >= 4 is 17.7 Å². The number of carboxylic acid groups (broad SMARTS) is 1. The highest BCUT2D eigenvalue weighted by Gasteiger charge is 2.22. The molecule has 0 aliphatic rings. The van der Waals surface area contributed by atoms with E-state index in [4.69, 9.17) is 0 Å². The second-order valence-electron chi connectivity index (χ2n) is 5.17. The van der Waals surface area contributed by atoms with Crippen LogP contribution in [0.5, 0.6) is 0 Å². The number of rotatable bonds is 5. The van der Waals surface area contributed by atoms with Crippen molar-refractivity contribution in [2.75, 3.05) is 0 Å². The van der Waals surface area contributed by atoms with Crippen LogP contribution < -0.4 is 0 Å². The van der Waals surface area contributed by atoms with E-state index in [0.29, 0.717) is 0 Å². The average Bonchev–Trinajstić information content (AvgIpc) is 2.57. The Bertz CT molecular complexity index is 785. The summed E-state index contributed by atoms with van der Waals surface area (Å²) in [6, 6.07) is 27.2. The van der Waals surface area contributed by atoms with Crippen LogP contribution in [0, 0.1) is 0 Å². The maximum atomic E-state index is 11.8. The highest BCUT2D eigenvalue weighted by molar-refractivity contribution is 7.99. The summed E-state index contributed by atoms with van der Waals surface area (Å²) in [5.41, 5.74) is 1.59. The molecule has 2 nitrogen and oxygen atoms in total. The van der Waals surface area contributed by atoms with Gasteiger partial charge in [0, 0.05) is 9.79 Å². The number of carbonyl (C=O) groups is 1. The molecule has 0 radical (unpaired) electrons. The summed E-state index contributed by atoms with van der Waals surface area (Å²) in [6.45, 7) is 0. The zero-order valence-electron chi connectivity index (χ0n) is 12.4. The molecule has 0 amide bonds. The second kappa shape index (κ2) is 7.16. The van der Waals surface area contributed by atoms with Crippen LogP contribution in [0.25, 0.3) is 0 Å². The van der Waals surface area contributed by atoms with E-state index < -0.39 is 11.9 Å². The maximum absolute atomic E-state index is 11.8. The van der Waals surface area contributed by atoms with Crippen molar-refractivity contribution in [1.82, 2.24) is 0 Å². The van der Waals surface area contributed by atoms with E-state index in [0.717, 1.165) is 20.9 Å². The molecular weight excluding hydrogens is 304 g/mol. The molecule has 114 valence electrons. The molecule has 3 heteroatoms. The van der Waals surface area contributed by atoms with Crippen LogP contribution in [0.4, 0.5) is 0 Å². The number of benzene rings is 3. The summed E-state index contributed by atoms with van der Waals surface area (Å²) >= 11 is 1.63. The van der Waals surface area contributed by atoms with E-state index in [1.807, 2.05) is 84.9 Å². The number of hydrogen-bond donors (Lipinski definition) is 1. The lowest BCUT2D eigenvalue weighted by Crippen LogP contribution is -2.13. The Labute approximate surface area is 139 Å². The minimum absolute atomic E-state index is 0.646. The lowest BCUT2D eigenvalue weighted by atomic mass is 9.91. The quantitative estimate of drug-likeness (QED) is 0.714. The first-order valence-corrected chi connectivity index (χ1v) is 8.16. The molecule has 0 aliphatic carbocycles. The van der Waals surface area contributed by atoms with E-state index >= 15 is 0 Å². The molecular formula is C20H16O2S. The minimum atomic E-state index is -0.835. The predicted molar refractivity (Wildman–Crippen MR) is 92.9 cm³/mol. The lowest BCUT2D eigenvalue weighted by molar-refractivity contribution is -0.137. The van der Waals surface area contributed by atoms with Gasteiger partial charge >= 0.3 is 5.97 Å².